The molecule has 1 amide bonds. The van der Waals surface area contributed by atoms with Crippen molar-refractivity contribution in [3.05, 3.63) is 10.6 Å². The smallest absolute Gasteiger partial charge is 0.268 e. The van der Waals surface area contributed by atoms with Crippen LogP contribution in [0.15, 0.2) is 0 Å². The summed E-state index contributed by atoms with van der Waals surface area (Å²) in [6.45, 7) is 2.77. The van der Waals surface area contributed by atoms with Gasteiger partial charge in [-0.2, -0.15) is 0 Å². The van der Waals surface area contributed by atoms with Crippen molar-refractivity contribution in [1.82, 2.24) is 14.5 Å². The molecule has 104 valence electrons. The predicted molar refractivity (Wildman–Crippen MR) is 79.4 cm³/mol. The number of nitrogens with two attached hydrogens (primary N) is 1. The topological polar surface area (TPSA) is 72.1 Å². The van der Waals surface area contributed by atoms with Gasteiger partial charge in [0, 0.05) is 6.54 Å². The van der Waals surface area contributed by atoms with E-state index in [9.17, 15) is 4.79 Å². The van der Waals surface area contributed by atoms with Crippen LogP contribution in [0.3, 0.4) is 0 Å². The van der Waals surface area contributed by atoms with Gasteiger partial charge in [0.2, 0.25) is 0 Å². The summed E-state index contributed by atoms with van der Waals surface area (Å²) < 4.78 is 3.91. The second kappa shape index (κ2) is 6.38. The molecule has 2 N–H and O–H groups in total. The molecule has 0 aliphatic carbocycles. The zero-order valence-corrected chi connectivity index (χ0v) is 12.6. The Bertz CT molecular complexity index is 474. The molecular formula is C12H18N4OS2. The second-order valence-electron chi connectivity index (χ2n) is 4.71. The lowest BCUT2D eigenvalue weighted by Gasteiger charge is -2.34. The molecule has 1 atom stereocenters. The Kier molecular flexibility index (Phi) is 4.81. The van der Waals surface area contributed by atoms with Crippen LogP contribution in [0.2, 0.25) is 0 Å². The lowest BCUT2D eigenvalue weighted by Crippen LogP contribution is -2.49. The first-order chi connectivity index (χ1) is 9.15. The average Bonchev–Trinajstić information content (AvgIpc) is 2.86. The van der Waals surface area contributed by atoms with Gasteiger partial charge >= 0.3 is 0 Å². The van der Waals surface area contributed by atoms with E-state index in [2.05, 4.69) is 16.5 Å². The number of hydrogen-bond acceptors (Lipinski definition) is 5. The van der Waals surface area contributed by atoms with Gasteiger partial charge in [0.1, 0.15) is 4.88 Å². The zero-order valence-electron chi connectivity index (χ0n) is 11.0. The maximum atomic E-state index is 12.6. The fourth-order valence-electron chi connectivity index (χ4n) is 2.37. The molecule has 7 heteroatoms. The molecule has 0 spiro atoms. The van der Waals surface area contributed by atoms with Crippen LogP contribution in [0.4, 0.5) is 0 Å². The number of carbonyl (C=O) groups excluding carboxylic acids is 1. The Morgan fingerprint density at radius 2 is 2.37 bits per heavy atom. The molecule has 0 bridgehead atoms. The molecule has 0 aromatic carbocycles. The summed E-state index contributed by atoms with van der Waals surface area (Å²) in [7, 11) is 0. The van der Waals surface area contributed by atoms with Crippen molar-refractivity contribution in [1.29, 1.82) is 0 Å². The van der Waals surface area contributed by atoms with E-state index in [1.165, 1.54) is 11.5 Å². The number of amides is 1. The second-order valence-corrected chi connectivity index (χ2v) is 5.94. The summed E-state index contributed by atoms with van der Waals surface area (Å²) in [6.07, 6.45) is 4.65. The monoisotopic (exact) mass is 298 g/mol. The van der Waals surface area contributed by atoms with Crippen LogP contribution in [0.25, 0.3) is 0 Å². The molecule has 1 aliphatic rings. The standard InChI is InChI=1S/C12H18N4OS2/c1-2-5-8-10(19-15-14-8)12(17)16-7-4-3-6-9(16)11(13)18/h9H,2-7H2,1H3,(H2,13,18). The maximum absolute atomic E-state index is 12.6. The van der Waals surface area contributed by atoms with Crippen molar-refractivity contribution < 1.29 is 4.79 Å². The minimum absolute atomic E-state index is 0.0176. The molecule has 1 unspecified atom stereocenters. The van der Waals surface area contributed by atoms with E-state index >= 15 is 0 Å². The van der Waals surface area contributed by atoms with Gasteiger partial charge in [0.15, 0.2) is 0 Å². The lowest BCUT2D eigenvalue weighted by atomic mass is 10.0. The third-order valence-corrected chi connectivity index (χ3v) is 4.36. The van der Waals surface area contributed by atoms with Crippen LogP contribution < -0.4 is 5.73 Å². The Hall–Kier alpha value is -1.08. The van der Waals surface area contributed by atoms with Crippen LogP contribution in [-0.2, 0) is 6.42 Å². The van der Waals surface area contributed by atoms with Gasteiger partial charge < -0.3 is 10.6 Å². The summed E-state index contributed by atoms with van der Waals surface area (Å²) in [6, 6.07) is -0.118. The summed E-state index contributed by atoms with van der Waals surface area (Å²) in [5.41, 5.74) is 6.55. The minimum Gasteiger partial charge on any atom is -0.392 e. The first-order valence-corrected chi connectivity index (χ1v) is 7.74. The number of carbonyl (C=O) groups is 1. The van der Waals surface area contributed by atoms with Gasteiger partial charge in [0.25, 0.3) is 5.91 Å². The number of aromatic nitrogens is 2. The third-order valence-electron chi connectivity index (χ3n) is 3.33. The number of likely N-dealkylation sites (tertiary alicyclic amines) is 1. The van der Waals surface area contributed by atoms with Gasteiger partial charge in [0.05, 0.1) is 16.7 Å². The van der Waals surface area contributed by atoms with Crippen molar-refractivity contribution in [2.24, 2.45) is 5.73 Å². The highest BCUT2D eigenvalue weighted by Gasteiger charge is 2.31. The molecule has 2 heterocycles. The van der Waals surface area contributed by atoms with Crippen LogP contribution >= 0.6 is 23.8 Å². The highest BCUT2D eigenvalue weighted by atomic mass is 32.1. The molecular weight excluding hydrogens is 280 g/mol. The SMILES string of the molecule is CCCc1nnsc1C(=O)N1CCCCC1C(N)=S. The highest BCUT2D eigenvalue weighted by molar-refractivity contribution is 7.80. The van der Waals surface area contributed by atoms with Gasteiger partial charge in [-0.1, -0.05) is 30.1 Å². The normalized spacial score (nSPS) is 19.4. The fourth-order valence-corrected chi connectivity index (χ4v) is 3.28. The number of aryl methyl sites for hydroxylation is 1. The molecule has 19 heavy (non-hydrogen) atoms. The van der Waals surface area contributed by atoms with Crippen LogP contribution in [-0.4, -0.2) is 38.0 Å². The molecule has 1 aliphatic heterocycles. The number of thiocarbonyl (C=S) groups is 1. The van der Waals surface area contributed by atoms with Gasteiger partial charge in [-0.05, 0) is 37.2 Å². The number of piperidine rings is 1. The molecule has 0 saturated carbocycles. The zero-order chi connectivity index (χ0) is 13.8. The van der Waals surface area contributed by atoms with Crippen molar-refractivity contribution in [3.8, 4) is 0 Å². The van der Waals surface area contributed by atoms with E-state index in [0.717, 1.165) is 37.8 Å². The fraction of sp³-hybridized carbons (Fsp3) is 0.667. The Morgan fingerprint density at radius 1 is 1.58 bits per heavy atom. The van der Waals surface area contributed by atoms with Crippen molar-refractivity contribution >= 4 is 34.6 Å². The first-order valence-electron chi connectivity index (χ1n) is 6.56. The van der Waals surface area contributed by atoms with Crippen LogP contribution in [0, 0.1) is 0 Å². The van der Waals surface area contributed by atoms with E-state index in [-0.39, 0.29) is 11.9 Å². The highest BCUT2D eigenvalue weighted by Crippen LogP contribution is 2.23. The van der Waals surface area contributed by atoms with E-state index in [4.69, 9.17) is 18.0 Å². The Balaban J connectivity index is 2.21. The summed E-state index contributed by atoms with van der Waals surface area (Å²) >= 11 is 6.25. The maximum Gasteiger partial charge on any atom is 0.268 e. The van der Waals surface area contributed by atoms with Gasteiger partial charge in [-0.15, -0.1) is 5.10 Å². The van der Waals surface area contributed by atoms with Gasteiger partial charge in [-0.25, -0.2) is 0 Å². The van der Waals surface area contributed by atoms with Crippen molar-refractivity contribution in [2.45, 2.75) is 45.1 Å². The summed E-state index contributed by atoms with van der Waals surface area (Å²) in [4.78, 5) is 15.5. The molecule has 5 nitrogen and oxygen atoms in total. The van der Waals surface area contributed by atoms with Crippen molar-refractivity contribution in [3.63, 3.8) is 0 Å². The van der Waals surface area contributed by atoms with Crippen LogP contribution in [0.1, 0.15) is 48.0 Å². The minimum atomic E-state index is -0.118. The molecule has 2 rings (SSSR count). The van der Waals surface area contributed by atoms with Crippen LogP contribution in [0.5, 0.6) is 0 Å². The lowest BCUT2D eigenvalue weighted by molar-refractivity contribution is 0.0685. The average molecular weight is 298 g/mol. The number of nitrogens with zero attached hydrogens (tertiary/aromatic N) is 3. The quantitative estimate of drug-likeness (QED) is 0.858. The Morgan fingerprint density at radius 3 is 3.05 bits per heavy atom. The van der Waals surface area contributed by atoms with Gasteiger partial charge in [-0.3, -0.25) is 4.79 Å². The molecule has 1 aromatic rings. The number of rotatable bonds is 4. The third kappa shape index (κ3) is 3.09. The number of hydrogen-bond donors (Lipinski definition) is 1. The summed E-state index contributed by atoms with van der Waals surface area (Å²) in [5.74, 6) is -0.0176. The molecule has 1 saturated heterocycles. The molecule has 1 aromatic heterocycles. The van der Waals surface area contributed by atoms with E-state index in [0.29, 0.717) is 16.4 Å². The first kappa shape index (κ1) is 14.3. The summed E-state index contributed by atoms with van der Waals surface area (Å²) in [5, 5.41) is 4.05. The van der Waals surface area contributed by atoms with E-state index < -0.39 is 0 Å². The van der Waals surface area contributed by atoms with E-state index in [1.807, 2.05) is 0 Å². The van der Waals surface area contributed by atoms with Crippen molar-refractivity contribution in [2.75, 3.05) is 6.54 Å². The largest absolute Gasteiger partial charge is 0.392 e. The predicted octanol–water partition coefficient (Wildman–Crippen LogP) is 1.77. The molecule has 0 radical (unpaired) electrons. The molecule has 1 fully saturated rings. The Labute approximate surface area is 122 Å². The van der Waals surface area contributed by atoms with E-state index in [1.54, 1.807) is 4.90 Å².